The Labute approximate surface area is 184 Å². The number of benzene rings is 3. The second-order valence-electron chi connectivity index (χ2n) is 8.61. The van der Waals surface area contributed by atoms with Crippen molar-refractivity contribution in [1.29, 1.82) is 0 Å². The zero-order valence-electron chi connectivity index (χ0n) is 18.3. The van der Waals surface area contributed by atoms with Crippen LogP contribution in [0.3, 0.4) is 0 Å². The predicted molar refractivity (Wildman–Crippen MR) is 126 cm³/mol. The van der Waals surface area contributed by atoms with E-state index in [2.05, 4.69) is 45.0 Å². The van der Waals surface area contributed by atoms with Crippen molar-refractivity contribution in [2.24, 2.45) is 0 Å². The summed E-state index contributed by atoms with van der Waals surface area (Å²) in [6.07, 6.45) is 0. The fourth-order valence-electron chi connectivity index (χ4n) is 4.05. The standard InChI is InChI=1S/C25H27NO4Si/c1-19(27)20-15-16-24(26(28)29)21(17-20)18-30-31(25(2,3)4,22-11-7-5-8-12-22)23-13-9-6-10-14-23/h5-17H,18H2,1-4H3. The lowest BCUT2D eigenvalue weighted by molar-refractivity contribution is -0.385. The molecular formula is C25H27NO4Si. The number of nitro groups is 1. The van der Waals surface area contributed by atoms with Crippen molar-refractivity contribution in [3.63, 3.8) is 0 Å². The summed E-state index contributed by atoms with van der Waals surface area (Å²) in [7, 11) is -2.84. The van der Waals surface area contributed by atoms with E-state index in [0.29, 0.717) is 11.1 Å². The van der Waals surface area contributed by atoms with Crippen LogP contribution in [0.1, 0.15) is 43.6 Å². The summed E-state index contributed by atoms with van der Waals surface area (Å²) in [6.45, 7) is 7.96. The summed E-state index contributed by atoms with van der Waals surface area (Å²) in [5.74, 6) is -0.137. The third kappa shape index (κ3) is 4.50. The number of rotatable bonds is 7. The highest BCUT2D eigenvalue weighted by Gasteiger charge is 2.50. The molecule has 0 amide bonds. The maximum Gasteiger partial charge on any atom is 0.274 e. The quantitative estimate of drug-likeness (QED) is 0.231. The minimum Gasteiger partial charge on any atom is -0.403 e. The molecule has 0 saturated carbocycles. The van der Waals surface area contributed by atoms with Crippen LogP contribution in [0, 0.1) is 10.1 Å². The van der Waals surface area contributed by atoms with Gasteiger partial charge >= 0.3 is 0 Å². The molecule has 5 nitrogen and oxygen atoms in total. The van der Waals surface area contributed by atoms with Crippen molar-refractivity contribution in [3.8, 4) is 0 Å². The van der Waals surface area contributed by atoms with Gasteiger partial charge in [-0.05, 0) is 34.5 Å². The summed E-state index contributed by atoms with van der Waals surface area (Å²) in [5, 5.41) is 13.6. The Hall–Kier alpha value is -3.09. The fraction of sp³-hybridized carbons (Fsp3) is 0.240. The minimum absolute atomic E-state index is 0.0390. The van der Waals surface area contributed by atoms with Gasteiger partial charge in [0.25, 0.3) is 14.0 Å². The van der Waals surface area contributed by atoms with Gasteiger partial charge in [0, 0.05) is 11.6 Å². The Morgan fingerprint density at radius 2 is 1.45 bits per heavy atom. The second kappa shape index (κ2) is 8.96. The van der Waals surface area contributed by atoms with Crippen LogP contribution in [-0.4, -0.2) is 19.0 Å². The van der Waals surface area contributed by atoms with Gasteiger partial charge in [0.05, 0.1) is 17.1 Å². The molecular weight excluding hydrogens is 406 g/mol. The summed E-state index contributed by atoms with van der Waals surface area (Å²) >= 11 is 0. The Kier molecular flexibility index (Phi) is 6.53. The van der Waals surface area contributed by atoms with E-state index in [1.807, 2.05) is 36.4 Å². The molecule has 0 atom stereocenters. The third-order valence-corrected chi connectivity index (χ3v) is 10.5. The molecule has 0 spiro atoms. The number of ketones is 1. The van der Waals surface area contributed by atoms with Crippen molar-refractivity contribution in [1.82, 2.24) is 0 Å². The molecule has 0 fully saturated rings. The first kappa shape index (κ1) is 22.6. The number of nitro benzene ring substituents is 1. The van der Waals surface area contributed by atoms with Gasteiger partial charge in [-0.1, -0.05) is 81.4 Å². The van der Waals surface area contributed by atoms with E-state index in [-0.39, 0.29) is 23.1 Å². The molecule has 3 aromatic rings. The molecule has 3 rings (SSSR count). The number of nitrogens with zero attached hydrogens (tertiary/aromatic N) is 1. The molecule has 0 heterocycles. The lowest BCUT2D eigenvalue weighted by atomic mass is 10.1. The Balaban J connectivity index is 2.16. The zero-order chi connectivity index (χ0) is 22.6. The first-order valence-corrected chi connectivity index (χ1v) is 12.1. The van der Waals surface area contributed by atoms with E-state index in [0.717, 1.165) is 10.4 Å². The third-order valence-electron chi connectivity index (χ3n) is 5.54. The number of hydrogen-bond donors (Lipinski definition) is 0. The highest BCUT2D eigenvalue weighted by Crippen LogP contribution is 2.38. The first-order chi connectivity index (χ1) is 14.7. The van der Waals surface area contributed by atoms with Crippen LogP contribution in [0.15, 0.2) is 78.9 Å². The molecule has 0 aliphatic rings. The average molecular weight is 434 g/mol. The van der Waals surface area contributed by atoms with Crippen molar-refractivity contribution in [2.45, 2.75) is 39.3 Å². The SMILES string of the molecule is CC(=O)c1ccc([N+](=O)[O-])c(CO[Si](c2ccccc2)(c2ccccc2)C(C)(C)C)c1. The van der Waals surface area contributed by atoms with E-state index < -0.39 is 13.2 Å². The molecule has 160 valence electrons. The molecule has 31 heavy (non-hydrogen) atoms. The van der Waals surface area contributed by atoms with Crippen LogP contribution in [-0.2, 0) is 11.0 Å². The molecule has 0 aliphatic carbocycles. The van der Waals surface area contributed by atoms with Gasteiger partial charge in [0.15, 0.2) is 5.78 Å². The van der Waals surface area contributed by atoms with Gasteiger partial charge in [-0.15, -0.1) is 0 Å². The van der Waals surface area contributed by atoms with Crippen LogP contribution in [0.2, 0.25) is 5.04 Å². The van der Waals surface area contributed by atoms with E-state index in [9.17, 15) is 14.9 Å². The lowest BCUT2D eigenvalue weighted by Crippen LogP contribution is -2.66. The predicted octanol–water partition coefficient (Wildman–Crippen LogP) is 4.87. The zero-order valence-corrected chi connectivity index (χ0v) is 19.3. The minimum atomic E-state index is -2.84. The largest absolute Gasteiger partial charge is 0.403 e. The van der Waals surface area contributed by atoms with Crippen LogP contribution in [0.4, 0.5) is 5.69 Å². The summed E-state index contributed by atoms with van der Waals surface area (Å²) < 4.78 is 6.80. The van der Waals surface area contributed by atoms with Crippen molar-refractivity contribution in [2.75, 3.05) is 0 Å². The monoisotopic (exact) mass is 433 g/mol. The molecule has 0 saturated heterocycles. The Morgan fingerprint density at radius 3 is 1.87 bits per heavy atom. The smallest absolute Gasteiger partial charge is 0.274 e. The maximum absolute atomic E-state index is 11.9. The normalized spacial score (nSPS) is 11.9. The van der Waals surface area contributed by atoms with Gasteiger partial charge in [-0.2, -0.15) is 0 Å². The molecule has 0 unspecified atom stereocenters. The van der Waals surface area contributed by atoms with Crippen LogP contribution in [0.5, 0.6) is 0 Å². The molecule has 0 aromatic heterocycles. The van der Waals surface area contributed by atoms with E-state index >= 15 is 0 Å². The van der Waals surface area contributed by atoms with Crippen molar-refractivity contribution >= 4 is 30.2 Å². The molecule has 0 radical (unpaired) electrons. The van der Waals surface area contributed by atoms with Gasteiger partial charge in [0.1, 0.15) is 0 Å². The topological polar surface area (TPSA) is 69.4 Å². The number of carbonyl (C=O) groups excluding carboxylic acids is 1. The van der Waals surface area contributed by atoms with Crippen molar-refractivity contribution < 1.29 is 14.1 Å². The molecule has 0 bridgehead atoms. The first-order valence-electron chi connectivity index (χ1n) is 10.2. The summed E-state index contributed by atoms with van der Waals surface area (Å²) in [4.78, 5) is 23.1. The van der Waals surface area contributed by atoms with Crippen LogP contribution in [0.25, 0.3) is 0 Å². The molecule has 0 N–H and O–H groups in total. The van der Waals surface area contributed by atoms with Gasteiger partial charge in [-0.3, -0.25) is 14.9 Å². The van der Waals surface area contributed by atoms with E-state index in [1.54, 1.807) is 6.07 Å². The average Bonchev–Trinajstić information content (AvgIpc) is 2.74. The summed E-state index contributed by atoms with van der Waals surface area (Å²) in [6, 6.07) is 24.7. The number of hydrogen-bond acceptors (Lipinski definition) is 4. The molecule has 0 aliphatic heterocycles. The second-order valence-corrected chi connectivity index (χ2v) is 12.9. The van der Waals surface area contributed by atoms with Crippen molar-refractivity contribution in [3.05, 3.63) is 100 Å². The van der Waals surface area contributed by atoms with E-state index in [1.165, 1.54) is 19.1 Å². The lowest BCUT2D eigenvalue weighted by Gasteiger charge is -2.43. The van der Waals surface area contributed by atoms with Gasteiger partial charge in [0.2, 0.25) is 0 Å². The van der Waals surface area contributed by atoms with Crippen LogP contribution >= 0.6 is 0 Å². The number of carbonyl (C=O) groups is 1. The molecule has 6 heteroatoms. The Bertz CT molecular complexity index is 1040. The summed E-state index contributed by atoms with van der Waals surface area (Å²) in [5.41, 5.74) is 0.806. The van der Waals surface area contributed by atoms with Gasteiger partial charge < -0.3 is 4.43 Å². The maximum atomic E-state index is 11.9. The van der Waals surface area contributed by atoms with Gasteiger partial charge in [-0.25, -0.2) is 0 Å². The van der Waals surface area contributed by atoms with E-state index in [4.69, 9.17) is 4.43 Å². The van der Waals surface area contributed by atoms with Crippen LogP contribution < -0.4 is 10.4 Å². The fourth-order valence-corrected chi connectivity index (χ4v) is 8.57. The Morgan fingerprint density at radius 1 is 0.935 bits per heavy atom. The molecule has 3 aromatic carbocycles. The highest BCUT2D eigenvalue weighted by molar-refractivity contribution is 6.99. The number of Topliss-reactive ketones (excluding diaryl/α,β-unsaturated/α-hetero) is 1. The highest BCUT2D eigenvalue weighted by atomic mass is 28.4.